The van der Waals surface area contributed by atoms with Crippen LogP contribution in [0, 0.1) is 0 Å². The molecule has 0 spiro atoms. The quantitative estimate of drug-likeness (QED) is 0.702. The summed E-state index contributed by atoms with van der Waals surface area (Å²) in [6.07, 6.45) is 1.24. The average Bonchev–Trinajstić information content (AvgIpc) is 2.72. The topological polar surface area (TPSA) is 59.1 Å². The molecule has 0 heterocycles. The lowest BCUT2D eigenvalue weighted by atomic mass is 10.1. The summed E-state index contributed by atoms with van der Waals surface area (Å²) in [4.78, 5) is 27.8. The fraction of sp³-hybridized carbons (Fsp3) is 0.238. The Morgan fingerprint density at radius 1 is 1.00 bits per heavy atom. The van der Waals surface area contributed by atoms with Gasteiger partial charge >= 0.3 is 0 Å². The zero-order chi connectivity index (χ0) is 20.0. The van der Waals surface area contributed by atoms with E-state index in [1.165, 1.54) is 11.0 Å². The third-order valence-corrected chi connectivity index (χ3v) is 4.25. The minimum Gasteiger partial charge on any atom is -0.493 e. The van der Waals surface area contributed by atoms with E-state index in [-0.39, 0.29) is 11.8 Å². The molecule has 6 nitrogen and oxygen atoms in total. The number of ether oxygens (including phenoxy) is 2. The van der Waals surface area contributed by atoms with E-state index < -0.39 is 0 Å². The molecule has 0 radical (unpaired) electrons. The zero-order valence-corrected chi connectivity index (χ0v) is 16.1. The van der Waals surface area contributed by atoms with Gasteiger partial charge in [-0.05, 0) is 49.4 Å². The van der Waals surface area contributed by atoms with Crippen molar-refractivity contribution in [3.63, 3.8) is 0 Å². The van der Waals surface area contributed by atoms with Gasteiger partial charge in [-0.2, -0.15) is 0 Å². The molecule has 0 aromatic heterocycles. The number of rotatable bonds is 7. The van der Waals surface area contributed by atoms with Gasteiger partial charge in [0.05, 0.1) is 14.2 Å². The molecule has 2 amide bonds. The Balaban J connectivity index is 2.29. The number of carbonyl (C=O) groups excluding carboxylic acids is 2. The van der Waals surface area contributed by atoms with Crippen molar-refractivity contribution in [3.05, 3.63) is 60.7 Å². The zero-order valence-electron chi connectivity index (χ0n) is 16.1. The summed E-state index contributed by atoms with van der Waals surface area (Å²) >= 11 is 0. The lowest BCUT2D eigenvalue weighted by Crippen LogP contribution is -2.30. The van der Waals surface area contributed by atoms with Crippen molar-refractivity contribution < 1.29 is 19.1 Å². The third-order valence-electron chi connectivity index (χ3n) is 4.25. The van der Waals surface area contributed by atoms with E-state index in [1.807, 2.05) is 13.0 Å². The van der Waals surface area contributed by atoms with Crippen molar-refractivity contribution in [2.45, 2.75) is 6.92 Å². The van der Waals surface area contributed by atoms with Crippen LogP contribution in [0.5, 0.6) is 11.5 Å². The van der Waals surface area contributed by atoms with E-state index in [0.717, 1.165) is 0 Å². The maximum absolute atomic E-state index is 13.0. The average molecular weight is 368 g/mol. The Bertz CT molecular complexity index is 831. The number of hydrogen-bond acceptors (Lipinski definition) is 4. The summed E-state index contributed by atoms with van der Waals surface area (Å²) in [7, 11) is 4.78. The summed E-state index contributed by atoms with van der Waals surface area (Å²) in [5.41, 5.74) is 1.92. The lowest BCUT2D eigenvalue weighted by molar-refractivity contribution is -0.113. The first-order valence-corrected chi connectivity index (χ1v) is 8.50. The fourth-order valence-corrected chi connectivity index (χ4v) is 2.68. The monoisotopic (exact) mass is 368 g/mol. The van der Waals surface area contributed by atoms with Crippen LogP contribution in [-0.2, 0) is 4.79 Å². The molecular weight excluding hydrogens is 344 g/mol. The maximum Gasteiger partial charge on any atom is 0.258 e. The Morgan fingerprint density at radius 3 is 2.11 bits per heavy atom. The molecule has 0 saturated carbocycles. The number of amides is 2. The molecule has 0 aliphatic heterocycles. The second-order valence-electron chi connectivity index (χ2n) is 5.74. The van der Waals surface area contributed by atoms with Gasteiger partial charge in [0.1, 0.15) is 0 Å². The van der Waals surface area contributed by atoms with Gasteiger partial charge in [0.2, 0.25) is 5.91 Å². The number of anilines is 2. The van der Waals surface area contributed by atoms with E-state index >= 15 is 0 Å². The highest BCUT2D eigenvalue weighted by Crippen LogP contribution is 2.32. The van der Waals surface area contributed by atoms with Gasteiger partial charge in [0.15, 0.2) is 11.5 Å². The minimum absolute atomic E-state index is 0.144. The van der Waals surface area contributed by atoms with Crippen LogP contribution in [0.4, 0.5) is 11.4 Å². The van der Waals surface area contributed by atoms with Crippen LogP contribution < -0.4 is 19.3 Å². The molecule has 2 aromatic rings. The summed E-state index contributed by atoms with van der Waals surface area (Å²) in [5.74, 6) is 0.800. The second kappa shape index (κ2) is 8.89. The summed E-state index contributed by atoms with van der Waals surface area (Å²) < 4.78 is 10.6. The Hall–Kier alpha value is -3.28. The van der Waals surface area contributed by atoms with Crippen molar-refractivity contribution in [2.24, 2.45) is 0 Å². The van der Waals surface area contributed by atoms with Crippen LogP contribution in [0.3, 0.4) is 0 Å². The molecule has 0 fully saturated rings. The predicted octanol–water partition coefficient (Wildman–Crippen LogP) is 3.52. The number of methoxy groups -OCH3 is 2. The molecule has 142 valence electrons. The highest BCUT2D eigenvalue weighted by atomic mass is 16.5. The van der Waals surface area contributed by atoms with Crippen LogP contribution in [0.1, 0.15) is 17.3 Å². The van der Waals surface area contributed by atoms with E-state index in [2.05, 4.69) is 6.58 Å². The van der Waals surface area contributed by atoms with Crippen molar-refractivity contribution >= 4 is 23.2 Å². The number of likely N-dealkylation sites (N-methyl/N-ethyl adjacent to an activating group) is 1. The van der Waals surface area contributed by atoms with Crippen LogP contribution in [0.2, 0.25) is 0 Å². The highest BCUT2D eigenvalue weighted by molar-refractivity contribution is 6.07. The van der Waals surface area contributed by atoms with Gasteiger partial charge < -0.3 is 19.3 Å². The molecule has 0 unspecified atom stereocenters. The SMILES string of the molecule is C=CC(=O)N(C)c1ccc(C(=O)N(CC)c2ccc(OC)c(OC)c2)cc1. The lowest BCUT2D eigenvalue weighted by Gasteiger charge is -2.23. The van der Waals surface area contributed by atoms with Crippen LogP contribution in [0.15, 0.2) is 55.1 Å². The van der Waals surface area contributed by atoms with Gasteiger partial charge in [0, 0.05) is 36.6 Å². The molecule has 27 heavy (non-hydrogen) atoms. The minimum atomic E-state index is -0.213. The maximum atomic E-state index is 13.0. The van der Waals surface area contributed by atoms with Crippen LogP contribution in [0.25, 0.3) is 0 Å². The largest absolute Gasteiger partial charge is 0.493 e. The normalized spacial score (nSPS) is 10.1. The molecule has 2 rings (SSSR count). The molecule has 0 aliphatic carbocycles. The summed E-state index contributed by atoms with van der Waals surface area (Å²) in [5, 5.41) is 0. The summed E-state index contributed by atoms with van der Waals surface area (Å²) in [6.45, 7) is 5.87. The highest BCUT2D eigenvalue weighted by Gasteiger charge is 2.18. The molecule has 0 N–H and O–H groups in total. The molecular formula is C21H24N2O4. The standard InChI is InChI=1S/C21H24N2O4/c1-6-20(24)22(3)16-10-8-15(9-11-16)21(25)23(7-2)17-12-13-18(26-4)19(14-17)27-5/h6,8-14H,1,7H2,2-5H3. The van der Waals surface area contributed by atoms with E-state index in [4.69, 9.17) is 9.47 Å². The van der Waals surface area contributed by atoms with Crippen molar-refractivity contribution in [2.75, 3.05) is 37.6 Å². The van der Waals surface area contributed by atoms with Gasteiger partial charge in [-0.25, -0.2) is 0 Å². The van der Waals surface area contributed by atoms with Gasteiger partial charge in [-0.15, -0.1) is 0 Å². The van der Waals surface area contributed by atoms with E-state index in [0.29, 0.717) is 35.0 Å². The fourth-order valence-electron chi connectivity index (χ4n) is 2.68. The van der Waals surface area contributed by atoms with Crippen molar-refractivity contribution in [1.82, 2.24) is 0 Å². The third kappa shape index (κ3) is 4.28. The van der Waals surface area contributed by atoms with Crippen LogP contribution >= 0.6 is 0 Å². The van der Waals surface area contributed by atoms with Gasteiger partial charge in [-0.1, -0.05) is 6.58 Å². The van der Waals surface area contributed by atoms with Crippen molar-refractivity contribution in [1.29, 1.82) is 0 Å². The molecule has 2 aromatic carbocycles. The molecule has 0 aliphatic rings. The molecule has 0 bridgehead atoms. The predicted molar refractivity (Wildman–Crippen MR) is 107 cm³/mol. The Kier molecular flexibility index (Phi) is 6.60. The number of hydrogen-bond donors (Lipinski definition) is 0. The van der Waals surface area contributed by atoms with Gasteiger partial charge in [0.25, 0.3) is 5.91 Å². The van der Waals surface area contributed by atoms with Crippen molar-refractivity contribution in [3.8, 4) is 11.5 Å². The molecule has 0 saturated heterocycles. The molecule has 0 atom stereocenters. The van der Waals surface area contributed by atoms with Crippen LogP contribution in [-0.4, -0.2) is 39.6 Å². The smallest absolute Gasteiger partial charge is 0.258 e. The second-order valence-corrected chi connectivity index (χ2v) is 5.74. The van der Waals surface area contributed by atoms with Gasteiger partial charge in [-0.3, -0.25) is 9.59 Å². The Morgan fingerprint density at radius 2 is 1.59 bits per heavy atom. The number of benzene rings is 2. The summed E-state index contributed by atoms with van der Waals surface area (Å²) in [6, 6.07) is 12.2. The van der Waals surface area contributed by atoms with E-state index in [9.17, 15) is 9.59 Å². The first-order chi connectivity index (χ1) is 13.0. The first-order valence-electron chi connectivity index (χ1n) is 8.50. The molecule has 6 heteroatoms. The first kappa shape index (κ1) is 20.0. The Labute approximate surface area is 159 Å². The van der Waals surface area contributed by atoms with E-state index in [1.54, 1.807) is 62.6 Å². The number of carbonyl (C=O) groups is 2. The number of nitrogens with zero attached hydrogens (tertiary/aromatic N) is 2.